The van der Waals surface area contributed by atoms with Gasteiger partial charge < -0.3 is 10.4 Å². The van der Waals surface area contributed by atoms with E-state index in [0.29, 0.717) is 5.16 Å². The number of nitrogens with one attached hydrogen (secondary N) is 1. The van der Waals surface area contributed by atoms with Gasteiger partial charge in [-0.05, 0) is 79.2 Å². The number of aromatic carboxylic acids is 1. The van der Waals surface area contributed by atoms with Crippen molar-refractivity contribution in [3.63, 3.8) is 0 Å². The summed E-state index contributed by atoms with van der Waals surface area (Å²) in [7, 11) is 1.82. The lowest BCUT2D eigenvalue weighted by Crippen LogP contribution is -2.13. The van der Waals surface area contributed by atoms with E-state index in [1.54, 1.807) is 24.3 Å². The molecule has 0 bridgehead atoms. The Morgan fingerprint density at radius 2 is 1.84 bits per heavy atom. The number of aromatic nitrogens is 2. The summed E-state index contributed by atoms with van der Waals surface area (Å²) in [5, 5.41) is 14.1. The summed E-state index contributed by atoms with van der Waals surface area (Å²) in [6, 6.07) is 14.6. The molecule has 1 aliphatic carbocycles. The summed E-state index contributed by atoms with van der Waals surface area (Å²) >= 11 is 1.40. The van der Waals surface area contributed by atoms with Gasteiger partial charge in [0.15, 0.2) is 5.16 Å². The normalized spacial score (nSPS) is 15.3. The number of carboxylic acids is 1. The molecule has 1 aromatic heterocycles. The number of para-hydroxylation sites is 1. The maximum atomic E-state index is 11.1. The van der Waals surface area contributed by atoms with Gasteiger partial charge in [-0.1, -0.05) is 12.1 Å². The highest BCUT2D eigenvalue weighted by Crippen LogP contribution is 2.31. The molecule has 4 rings (SSSR count). The van der Waals surface area contributed by atoms with E-state index in [9.17, 15) is 4.79 Å². The highest BCUT2D eigenvalue weighted by Gasteiger charge is 2.16. The molecule has 3 aromatic rings. The number of carbonyl (C=O) groups is 1. The third-order valence-electron chi connectivity index (χ3n) is 5.12. The number of benzene rings is 2. The Bertz CT molecular complexity index is 1260. The molecule has 0 unspecified atom stereocenters. The van der Waals surface area contributed by atoms with Crippen LogP contribution in [0.4, 0.5) is 5.82 Å². The van der Waals surface area contributed by atoms with Gasteiger partial charge in [0.2, 0.25) is 0 Å². The maximum Gasteiger partial charge on any atom is 0.335 e. The zero-order chi connectivity index (χ0) is 22.0. The summed E-state index contributed by atoms with van der Waals surface area (Å²) < 4.78 is 0. The van der Waals surface area contributed by atoms with Crippen molar-refractivity contribution in [2.24, 2.45) is 4.99 Å². The largest absolute Gasteiger partial charge is 0.478 e. The summed E-state index contributed by atoms with van der Waals surface area (Å²) in [4.78, 5) is 25.8. The molecule has 0 saturated heterocycles. The van der Waals surface area contributed by atoms with Gasteiger partial charge in [0, 0.05) is 35.2 Å². The highest BCUT2D eigenvalue weighted by molar-refractivity contribution is 7.99. The first-order valence-corrected chi connectivity index (χ1v) is 10.7. The van der Waals surface area contributed by atoms with E-state index in [-0.39, 0.29) is 5.56 Å². The van der Waals surface area contributed by atoms with Crippen LogP contribution < -0.4 is 5.32 Å². The Morgan fingerprint density at radius 3 is 2.55 bits per heavy atom. The molecule has 1 heterocycles. The van der Waals surface area contributed by atoms with Gasteiger partial charge in [-0.25, -0.2) is 14.8 Å². The number of hydrogen-bond acceptors (Lipinski definition) is 6. The van der Waals surface area contributed by atoms with E-state index in [0.717, 1.165) is 45.0 Å². The number of fused-ring (bicyclic) bond motifs is 1. The minimum Gasteiger partial charge on any atom is -0.478 e. The van der Waals surface area contributed by atoms with Crippen molar-refractivity contribution < 1.29 is 9.90 Å². The number of anilines is 1. The number of carboxylic acid groups (broad SMARTS) is 1. The number of allylic oxidation sites excluding steroid dienone is 3. The molecule has 2 aromatic carbocycles. The van der Waals surface area contributed by atoms with Crippen LogP contribution in [0.2, 0.25) is 0 Å². The Labute approximate surface area is 184 Å². The molecule has 1 aliphatic rings. The molecular weight excluding hydrogens is 408 g/mol. The maximum absolute atomic E-state index is 11.1. The van der Waals surface area contributed by atoms with Crippen LogP contribution in [0.15, 0.2) is 86.5 Å². The van der Waals surface area contributed by atoms with Crippen LogP contribution >= 0.6 is 11.8 Å². The second-order valence-corrected chi connectivity index (χ2v) is 8.34. The molecule has 0 saturated carbocycles. The second kappa shape index (κ2) is 8.73. The van der Waals surface area contributed by atoms with E-state index in [2.05, 4.69) is 35.2 Å². The van der Waals surface area contributed by atoms with Crippen LogP contribution in [0.1, 0.15) is 30.6 Å². The first-order chi connectivity index (χ1) is 14.9. The molecule has 31 heavy (non-hydrogen) atoms. The number of rotatable bonds is 5. The SMILES string of the molecule is CN=C1CC(C)=C(Nc2nc(Sc3ccc(C(=O)O)cc3)nc3ccccc23)C=C1C. The number of aliphatic imine (C=N–C) groups is 1. The molecular formula is C24H22N4O2S. The summed E-state index contributed by atoms with van der Waals surface area (Å²) in [6.45, 7) is 4.16. The van der Waals surface area contributed by atoms with E-state index in [1.807, 2.05) is 31.3 Å². The smallest absolute Gasteiger partial charge is 0.335 e. The molecule has 2 N–H and O–H groups in total. The standard InChI is InChI=1S/C24H22N4O2S/c1-14-13-21(15(2)12-20(14)25-3)26-22-18-6-4-5-7-19(18)27-24(28-22)31-17-10-8-16(9-11-17)23(29)30/h4-11,13H,12H2,1-3H3,(H,29,30)(H,26,27,28). The minimum absolute atomic E-state index is 0.253. The highest BCUT2D eigenvalue weighted by atomic mass is 32.2. The summed E-state index contributed by atoms with van der Waals surface area (Å²) in [5.41, 5.74) is 5.56. The van der Waals surface area contributed by atoms with Crippen LogP contribution in [0.25, 0.3) is 10.9 Å². The molecule has 0 atom stereocenters. The Hall–Kier alpha value is -3.45. The van der Waals surface area contributed by atoms with Crippen LogP contribution in [-0.2, 0) is 0 Å². The Kier molecular flexibility index (Phi) is 5.86. The first-order valence-electron chi connectivity index (χ1n) is 9.83. The average molecular weight is 431 g/mol. The minimum atomic E-state index is -0.944. The number of hydrogen-bond donors (Lipinski definition) is 2. The molecule has 0 fully saturated rings. The summed E-state index contributed by atoms with van der Waals surface area (Å²) in [6.07, 6.45) is 2.91. The number of nitrogens with zero attached hydrogens (tertiary/aromatic N) is 3. The van der Waals surface area contributed by atoms with E-state index in [1.165, 1.54) is 17.3 Å². The quantitative estimate of drug-likeness (QED) is 0.513. The molecule has 0 radical (unpaired) electrons. The molecule has 0 aliphatic heterocycles. The molecule has 156 valence electrons. The van der Waals surface area contributed by atoms with Crippen LogP contribution in [0.5, 0.6) is 0 Å². The van der Waals surface area contributed by atoms with E-state index < -0.39 is 5.97 Å². The lowest BCUT2D eigenvalue weighted by atomic mass is 9.95. The predicted molar refractivity (Wildman–Crippen MR) is 125 cm³/mol. The Balaban J connectivity index is 1.69. The summed E-state index contributed by atoms with van der Waals surface area (Å²) in [5.74, 6) is -0.203. The fourth-order valence-electron chi connectivity index (χ4n) is 3.40. The zero-order valence-electron chi connectivity index (χ0n) is 17.5. The third-order valence-corrected chi connectivity index (χ3v) is 6.00. The van der Waals surface area contributed by atoms with Crippen molar-refractivity contribution in [2.45, 2.75) is 30.3 Å². The van der Waals surface area contributed by atoms with Crippen LogP contribution in [0, 0.1) is 0 Å². The van der Waals surface area contributed by atoms with Crippen molar-refractivity contribution >= 4 is 40.2 Å². The van der Waals surface area contributed by atoms with Crippen molar-refractivity contribution in [2.75, 3.05) is 12.4 Å². The second-order valence-electron chi connectivity index (χ2n) is 7.30. The van der Waals surface area contributed by atoms with Crippen molar-refractivity contribution in [3.05, 3.63) is 77.0 Å². The van der Waals surface area contributed by atoms with E-state index in [4.69, 9.17) is 10.1 Å². The lowest BCUT2D eigenvalue weighted by Gasteiger charge is -2.20. The van der Waals surface area contributed by atoms with Gasteiger partial charge in [0.25, 0.3) is 0 Å². The van der Waals surface area contributed by atoms with Crippen molar-refractivity contribution in [1.29, 1.82) is 0 Å². The van der Waals surface area contributed by atoms with Gasteiger partial charge in [0.1, 0.15) is 5.82 Å². The first kappa shape index (κ1) is 20.8. The van der Waals surface area contributed by atoms with E-state index >= 15 is 0 Å². The van der Waals surface area contributed by atoms with Gasteiger partial charge >= 0.3 is 5.97 Å². The van der Waals surface area contributed by atoms with Crippen LogP contribution in [0.3, 0.4) is 0 Å². The predicted octanol–water partition coefficient (Wildman–Crippen LogP) is 5.59. The van der Waals surface area contributed by atoms with Gasteiger partial charge in [-0.15, -0.1) is 0 Å². The fourth-order valence-corrected chi connectivity index (χ4v) is 4.17. The van der Waals surface area contributed by atoms with Gasteiger partial charge in [0.05, 0.1) is 11.1 Å². The molecule has 0 amide bonds. The lowest BCUT2D eigenvalue weighted by molar-refractivity contribution is 0.0697. The Morgan fingerprint density at radius 1 is 1.10 bits per heavy atom. The van der Waals surface area contributed by atoms with Crippen molar-refractivity contribution in [3.8, 4) is 0 Å². The topological polar surface area (TPSA) is 87.5 Å². The van der Waals surface area contributed by atoms with Crippen molar-refractivity contribution in [1.82, 2.24) is 9.97 Å². The van der Waals surface area contributed by atoms with Gasteiger partial charge in [-0.2, -0.15) is 0 Å². The molecule has 7 heteroatoms. The fraction of sp³-hybridized carbons (Fsp3) is 0.167. The third kappa shape index (κ3) is 4.51. The molecule has 6 nitrogen and oxygen atoms in total. The monoisotopic (exact) mass is 430 g/mol. The zero-order valence-corrected chi connectivity index (χ0v) is 18.3. The average Bonchev–Trinajstić information content (AvgIpc) is 2.76. The molecule has 0 spiro atoms. The van der Waals surface area contributed by atoms with Crippen LogP contribution in [-0.4, -0.2) is 33.8 Å². The van der Waals surface area contributed by atoms with Gasteiger partial charge in [-0.3, -0.25) is 4.99 Å².